The quantitative estimate of drug-likeness (QED) is 0.833. The number of nitrogens with zero attached hydrogens (tertiary/aromatic N) is 1. The van der Waals surface area contributed by atoms with E-state index >= 15 is 0 Å². The van der Waals surface area contributed by atoms with Crippen molar-refractivity contribution in [3.05, 3.63) is 35.9 Å². The van der Waals surface area contributed by atoms with Crippen molar-refractivity contribution in [2.75, 3.05) is 19.6 Å². The van der Waals surface area contributed by atoms with Crippen molar-refractivity contribution in [3.63, 3.8) is 0 Å². The van der Waals surface area contributed by atoms with Crippen LogP contribution in [0.3, 0.4) is 0 Å². The van der Waals surface area contributed by atoms with Gasteiger partial charge >= 0.3 is 0 Å². The number of carbonyl (C=O) groups excluding carboxylic acids is 2. The number of hydrogen-bond acceptors (Lipinski definition) is 3. The lowest BCUT2D eigenvalue weighted by atomic mass is 10.1. The summed E-state index contributed by atoms with van der Waals surface area (Å²) in [5.41, 5.74) is 5.47. The van der Waals surface area contributed by atoms with Crippen molar-refractivity contribution in [3.8, 4) is 0 Å². The van der Waals surface area contributed by atoms with Crippen LogP contribution in [0.1, 0.15) is 42.5 Å². The largest absolute Gasteiger partial charge is 0.294 e. The van der Waals surface area contributed by atoms with E-state index in [9.17, 15) is 9.59 Å². The molecule has 1 heterocycles. The van der Waals surface area contributed by atoms with E-state index in [0.29, 0.717) is 12.1 Å². The van der Waals surface area contributed by atoms with Gasteiger partial charge in [0, 0.05) is 5.56 Å². The lowest BCUT2D eigenvalue weighted by Crippen LogP contribution is -2.46. The molecule has 0 unspecified atom stereocenters. The van der Waals surface area contributed by atoms with Gasteiger partial charge in [-0.25, -0.2) is 0 Å². The summed E-state index contributed by atoms with van der Waals surface area (Å²) in [6.07, 6.45) is 6.06. The lowest BCUT2D eigenvalue weighted by molar-refractivity contribution is -0.123. The molecule has 21 heavy (non-hydrogen) atoms. The molecule has 0 aliphatic carbocycles. The Bertz CT molecular complexity index is 454. The summed E-state index contributed by atoms with van der Waals surface area (Å²) in [5, 5.41) is 0. The van der Waals surface area contributed by atoms with Gasteiger partial charge in [0.25, 0.3) is 11.8 Å². The molecule has 2 N–H and O–H groups in total. The topological polar surface area (TPSA) is 61.4 Å². The van der Waals surface area contributed by atoms with E-state index in [2.05, 4.69) is 15.8 Å². The van der Waals surface area contributed by atoms with Crippen LogP contribution in [0.15, 0.2) is 30.3 Å². The highest BCUT2D eigenvalue weighted by molar-refractivity contribution is 5.95. The predicted molar refractivity (Wildman–Crippen MR) is 81.6 cm³/mol. The van der Waals surface area contributed by atoms with Gasteiger partial charge < -0.3 is 0 Å². The molecule has 2 amide bonds. The van der Waals surface area contributed by atoms with E-state index in [-0.39, 0.29) is 11.8 Å². The van der Waals surface area contributed by atoms with Gasteiger partial charge in [-0.3, -0.25) is 25.3 Å². The standard InChI is InChI=1S/C16H23N3O2/c20-15(13-19-11-7-2-1-3-8-12-19)17-18-16(21)14-9-5-4-6-10-14/h4-6,9-10H,1-3,7-8,11-13H2,(H,17,20)(H,18,21). The average molecular weight is 289 g/mol. The summed E-state index contributed by atoms with van der Waals surface area (Å²) in [4.78, 5) is 25.8. The zero-order valence-electron chi connectivity index (χ0n) is 12.3. The van der Waals surface area contributed by atoms with Crippen LogP contribution in [0, 0.1) is 0 Å². The number of hydrogen-bond donors (Lipinski definition) is 2. The third kappa shape index (κ3) is 5.55. The molecule has 1 aromatic rings. The van der Waals surface area contributed by atoms with Crippen LogP contribution in [0.2, 0.25) is 0 Å². The van der Waals surface area contributed by atoms with Crippen molar-refractivity contribution in [1.29, 1.82) is 0 Å². The molecule has 5 heteroatoms. The zero-order chi connectivity index (χ0) is 14.9. The lowest BCUT2D eigenvalue weighted by Gasteiger charge is -2.23. The summed E-state index contributed by atoms with van der Waals surface area (Å²) >= 11 is 0. The van der Waals surface area contributed by atoms with Gasteiger partial charge in [0.05, 0.1) is 6.54 Å². The molecular formula is C16H23N3O2. The summed E-state index contributed by atoms with van der Waals surface area (Å²) in [7, 11) is 0. The van der Waals surface area contributed by atoms with Gasteiger partial charge in [0.15, 0.2) is 0 Å². The number of hydrazine groups is 1. The highest BCUT2D eigenvalue weighted by Crippen LogP contribution is 2.09. The van der Waals surface area contributed by atoms with Gasteiger partial charge in [0.2, 0.25) is 0 Å². The Morgan fingerprint density at radius 3 is 2.19 bits per heavy atom. The first-order chi connectivity index (χ1) is 10.3. The van der Waals surface area contributed by atoms with Gasteiger partial charge in [-0.2, -0.15) is 0 Å². The summed E-state index contributed by atoms with van der Waals surface area (Å²) in [6.45, 7) is 2.26. The van der Waals surface area contributed by atoms with Gasteiger partial charge in [-0.15, -0.1) is 0 Å². The average Bonchev–Trinajstić information content (AvgIpc) is 2.48. The van der Waals surface area contributed by atoms with Crippen LogP contribution in [0.25, 0.3) is 0 Å². The maximum atomic E-state index is 11.9. The third-order valence-electron chi connectivity index (χ3n) is 3.67. The number of nitrogens with one attached hydrogen (secondary N) is 2. The number of carbonyl (C=O) groups is 2. The normalized spacial score (nSPS) is 16.6. The van der Waals surface area contributed by atoms with E-state index in [1.54, 1.807) is 24.3 Å². The fourth-order valence-electron chi connectivity index (χ4n) is 2.50. The second kappa shape index (κ2) is 8.42. The summed E-state index contributed by atoms with van der Waals surface area (Å²) in [5.74, 6) is -0.462. The maximum Gasteiger partial charge on any atom is 0.269 e. The first-order valence-electron chi connectivity index (χ1n) is 7.62. The molecule has 1 aliphatic rings. The third-order valence-corrected chi connectivity index (χ3v) is 3.67. The van der Waals surface area contributed by atoms with E-state index in [1.807, 2.05) is 6.07 Å². The van der Waals surface area contributed by atoms with E-state index < -0.39 is 0 Å². The monoisotopic (exact) mass is 289 g/mol. The minimum atomic E-state index is -0.295. The van der Waals surface area contributed by atoms with Crippen molar-refractivity contribution in [2.24, 2.45) is 0 Å². The van der Waals surface area contributed by atoms with Crippen molar-refractivity contribution < 1.29 is 9.59 Å². The first kappa shape index (κ1) is 15.5. The van der Waals surface area contributed by atoms with Gasteiger partial charge in [-0.1, -0.05) is 37.5 Å². The minimum absolute atomic E-state index is 0.167. The molecule has 5 nitrogen and oxygen atoms in total. The molecule has 1 saturated heterocycles. The molecule has 0 bridgehead atoms. The molecule has 0 spiro atoms. The smallest absolute Gasteiger partial charge is 0.269 e. The number of rotatable bonds is 3. The Balaban J connectivity index is 1.72. The van der Waals surface area contributed by atoms with Crippen molar-refractivity contribution in [1.82, 2.24) is 15.8 Å². The molecule has 2 rings (SSSR count). The number of amides is 2. The van der Waals surface area contributed by atoms with Crippen LogP contribution in [-0.2, 0) is 4.79 Å². The fraction of sp³-hybridized carbons (Fsp3) is 0.500. The van der Waals surface area contributed by atoms with Gasteiger partial charge in [0.1, 0.15) is 0 Å². The molecule has 1 aromatic carbocycles. The second-order valence-corrected chi connectivity index (χ2v) is 5.41. The van der Waals surface area contributed by atoms with Crippen LogP contribution in [0.5, 0.6) is 0 Å². The van der Waals surface area contributed by atoms with Crippen LogP contribution in [0.4, 0.5) is 0 Å². The van der Waals surface area contributed by atoms with E-state index in [0.717, 1.165) is 25.9 Å². The second-order valence-electron chi connectivity index (χ2n) is 5.41. The maximum absolute atomic E-state index is 11.9. The minimum Gasteiger partial charge on any atom is -0.294 e. The zero-order valence-corrected chi connectivity index (χ0v) is 12.3. The molecule has 0 atom stereocenters. The number of likely N-dealkylation sites (tertiary alicyclic amines) is 1. The Hall–Kier alpha value is -1.88. The van der Waals surface area contributed by atoms with Crippen LogP contribution >= 0.6 is 0 Å². The molecule has 1 fully saturated rings. The molecule has 114 valence electrons. The highest BCUT2D eigenvalue weighted by Gasteiger charge is 2.13. The Kier molecular flexibility index (Phi) is 6.22. The number of benzene rings is 1. The molecule has 0 radical (unpaired) electrons. The predicted octanol–water partition coefficient (Wildman–Crippen LogP) is 1.71. The van der Waals surface area contributed by atoms with E-state index in [1.165, 1.54) is 19.3 Å². The Morgan fingerprint density at radius 1 is 0.905 bits per heavy atom. The molecule has 0 saturated carbocycles. The molecule has 0 aromatic heterocycles. The molecule has 1 aliphatic heterocycles. The summed E-state index contributed by atoms with van der Waals surface area (Å²) < 4.78 is 0. The highest BCUT2D eigenvalue weighted by atomic mass is 16.2. The summed E-state index contributed by atoms with van der Waals surface area (Å²) in [6, 6.07) is 8.84. The van der Waals surface area contributed by atoms with Crippen molar-refractivity contribution in [2.45, 2.75) is 32.1 Å². The Morgan fingerprint density at radius 2 is 1.52 bits per heavy atom. The molecular weight excluding hydrogens is 266 g/mol. The van der Waals surface area contributed by atoms with E-state index in [4.69, 9.17) is 0 Å². The first-order valence-corrected chi connectivity index (χ1v) is 7.62. The SMILES string of the molecule is O=C(CN1CCCCCCC1)NNC(=O)c1ccccc1. The Labute approximate surface area is 125 Å². The van der Waals surface area contributed by atoms with Crippen LogP contribution < -0.4 is 10.9 Å². The van der Waals surface area contributed by atoms with Gasteiger partial charge in [-0.05, 0) is 38.1 Å². The van der Waals surface area contributed by atoms with Crippen molar-refractivity contribution >= 4 is 11.8 Å². The fourth-order valence-corrected chi connectivity index (χ4v) is 2.50. The van der Waals surface area contributed by atoms with Crippen LogP contribution in [-0.4, -0.2) is 36.3 Å².